The van der Waals surface area contributed by atoms with Gasteiger partial charge in [0.15, 0.2) is 0 Å². The van der Waals surface area contributed by atoms with Crippen molar-refractivity contribution in [2.24, 2.45) is 0 Å². The molecule has 0 aliphatic heterocycles. The molecule has 0 aliphatic rings. The van der Waals surface area contributed by atoms with Crippen molar-refractivity contribution in [2.45, 2.75) is 45.5 Å². The van der Waals surface area contributed by atoms with Crippen LogP contribution in [0.25, 0.3) is 0 Å². The van der Waals surface area contributed by atoms with E-state index >= 15 is 0 Å². The summed E-state index contributed by atoms with van der Waals surface area (Å²) in [6, 6.07) is 15.2. The van der Waals surface area contributed by atoms with Crippen LogP contribution in [0.4, 0.5) is 13.2 Å². The third-order valence-corrected chi connectivity index (χ3v) is 4.12. The van der Waals surface area contributed by atoms with E-state index < -0.39 is 12.8 Å². The number of amides is 1. The van der Waals surface area contributed by atoms with Crippen molar-refractivity contribution in [1.82, 2.24) is 5.32 Å². The molecule has 2 aromatic carbocycles. The van der Waals surface area contributed by atoms with E-state index in [0.29, 0.717) is 24.9 Å². The highest BCUT2D eigenvalue weighted by Crippen LogP contribution is 2.16. The maximum Gasteiger partial charge on any atom is 0.411 e. The van der Waals surface area contributed by atoms with Gasteiger partial charge in [0, 0.05) is 13.0 Å². The molecule has 1 amide bonds. The first kappa shape index (κ1) is 21.0. The second kappa shape index (κ2) is 10.1. The van der Waals surface area contributed by atoms with Crippen LogP contribution in [0.15, 0.2) is 48.5 Å². The molecule has 1 N–H and O–H groups in total. The lowest BCUT2D eigenvalue weighted by Crippen LogP contribution is -2.23. The molecule has 3 nitrogen and oxygen atoms in total. The predicted octanol–water partition coefficient (Wildman–Crippen LogP) is 4.58. The minimum atomic E-state index is -4.32. The molecule has 2 aromatic rings. The highest BCUT2D eigenvalue weighted by molar-refractivity contribution is 5.76. The van der Waals surface area contributed by atoms with Crippen LogP contribution in [0, 0.1) is 0 Å². The summed E-state index contributed by atoms with van der Waals surface area (Å²) < 4.78 is 40.7. The van der Waals surface area contributed by atoms with E-state index in [1.165, 1.54) is 5.56 Å². The number of carbonyl (C=O) groups excluding carboxylic acids is 1. The van der Waals surface area contributed by atoms with Crippen LogP contribution in [0.1, 0.15) is 35.6 Å². The molecule has 0 bridgehead atoms. The second-order valence-electron chi connectivity index (χ2n) is 6.37. The molecular weight excluding hydrogens is 355 g/mol. The van der Waals surface area contributed by atoms with Crippen molar-refractivity contribution in [3.8, 4) is 0 Å². The van der Waals surface area contributed by atoms with E-state index in [9.17, 15) is 18.0 Å². The van der Waals surface area contributed by atoms with Crippen LogP contribution in [0.2, 0.25) is 0 Å². The Morgan fingerprint density at radius 3 is 2.07 bits per heavy atom. The minimum absolute atomic E-state index is 0.0350. The van der Waals surface area contributed by atoms with Crippen molar-refractivity contribution < 1.29 is 22.7 Å². The average Bonchev–Trinajstić information content (AvgIpc) is 2.65. The molecule has 0 heterocycles. The van der Waals surface area contributed by atoms with Crippen LogP contribution in [0.3, 0.4) is 0 Å². The molecule has 0 aliphatic carbocycles. The highest BCUT2D eigenvalue weighted by Gasteiger charge is 2.27. The van der Waals surface area contributed by atoms with Crippen molar-refractivity contribution in [3.63, 3.8) is 0 Å². The fourth-order valence-electron chi connectivity index (χ4n) is 2.53. The average molecular weight is 379 g/mol. The highest BCUT2D eigenvalue weighted by atomic mass is 19.4. The van der Waals surface area contributed by atoms with Gasteiger partial charge < -0.3 is 10.1 Å². The molecule has 146 valence electrons. The molecule has 0 saturated carbocycles. The molecule has 0 fully saturated rings. The molecule has 0 unspecified atom stereocenters. The lowest BCUT2D eigenvalue weighted by molar-refractivity contribution is -0.176. The number of benzene rings is 2. The molecule has 0 radical (unpaired) electrons. The van der Waals surface area contributed by atoms with Crippen LogP contribution < -0.4 is 5.32 Å². The van der Waals surface area contributed by atoms with Gasteiger partial charge >= 0.3 is 6.18 Å². The largest absolute Gasteiger partial charge is 0.411 e. The zero-order valence-electron chi connectivity index (χ0n) is 15.3. The monoisotopic (exact) mass is 379 g/mol. The SMILES string of the molecule is CCc1ccc(CCC(=O)NCc2ccc(COCC(F)(F)F)cc2)cc1. The molecule has 6 heteroatoms. The Balaban J connectivity index is 1.69. The summed E-state index contributed by atoms with van der Waals surface area (Å²) in [6.07, 6.45) is -2.23. The quantitative estimate of drug-likeness (QED) is 0.693. The summed E-state index contributed by atoms with van der Waals surface area (Å²) in [5.74, 6) is -0.0350. The van der Waals surface area contributed by atoms with E-state index in [0.717, 1.165) is 17.5 Å². The van der Waals surface area contributed by atoms with E-state index in [1.54, 1.807) is 24.3 Å². The first-order valence-electron chi connectivity index (χ1n) is 8.92. The van der Waals surface area contributed by atoms with Crippen molar-refractivity contribution in [2.75, 3.05) is 6.61 Å². The summed E-state index contributed by atoms with van der Waals surface area (Å²) in [6.45, 7) is 1.14. The van der Waals surface area contributed by atoms with Crippen LogP contribution >= 0.6 is 0 Å². The molecular formula is C21H24F3NO2. The zero-order valence-corrected chi connectivity index (χ0v) is 15.3. The molecule has 0 spiro atoms. The van der Waals surface area contributed by atoms with Crippen LogP contribution in [0.5, 0.6) is 0 Å². The van der Waals surface area contributed by atoms with Crippen molar-refractivity contribution >= 4 is 5.91 Å². The van der Waals surface area contributed by atoms with Gasteiger partial charge in [0.2, 0.25) is 5.91 Å². The number of aryl methyl sites for hydroxylation is 2. The summed E-state index contributed by atoms with van der Waals surface area (Å²) in [5, 5.41) is 2.86. The first-order chi connectivity index (χ1) is 12.9. The summed E-state index contributed by atoms with van der Waals surface area (Å²) >= 11 is 0. The van der Waals surface area contributed by atoms with Gasteiger partial charge in [-0.05, 0) is 35.1 Å². The third-order valence-electron chi connectivity index (χ3n) is 4.12. The fraction of sp³-hybridized carbons (Fsp3) is 0.381. The van der Waals surface area contributed by atoms with Crippen molar-refractivity contribution in [3.05, 3.63) is 70.8 Å². The number of rotatable bonds is 9. The lowest BCUT2D eigenvalue weighted by atomic mass is 10.1. The molecule has 2 rings (SSSR count). The molecule has 0 saturated heterocycles. The number of nitrogens with one attached hydrogen (secondary N) is 1. The van der Waals surface area contributed by atoms with Gasteiger partial charge in [0.25, 0.3) is 0 Å². The van der Waals surface area contributed by atoms with Gasteiger partial charge in [0.1, 0.15) is 6.61 Å². The smallest absolute Gasteiger partial charge is 0.367 e. The maximum atomic E-state index is 12.0. The van der Waals surface area contributed by atoms with Crippen LogP contribution in [-0.4, -0.2) is 18.7 Å². The number of halogens is 3. The van der Waals surface area contributed by atoms with Gasteiger partial charge in [-0.2, -0.15) is 13.2 Å². The first-order valence-corrected chi connectivity index (χ1v) is 8.92. The summed E-state index contributed by atoms with van der Waals surface area (Å²) in [4.78, 5) is 12.0. The normalized spacial score (nSPS) is 11.4. The summed E-state index contributed by atoms with van der Waals surface area (Å²) in [7, 11) is 0. The van der Waals surface area contributed by atoms with Gasteiger partial charge in [-0.1, -0.05) is 55.5 Å². The Labute approximate surface area is 157 Å². The van der Waals surface area contributed by atoms with Gasteiger partial charge in [-0.3, -0.25) is 4.79 Å². The minimum Gasteiger partial charge on any atom is -0.367 e. The van der Waals surface area contributed by atoms with Crippen LogP contribution in [-0.2, 0) is 35.5 Å². The Bertz CT molecular complexity index is 710. The molecule has 0 atom stereocenters. The number of alkyl halides is 3. The Hall–Kier alpha value is -2.34. The second-order valence-corrected chi connectivity index (χ2v) is 6.37. The number of hydrogen-bond acceptors (Lipinski definition) is 2. The number of hydrogen-bond donors (Lipinski definition) is 1. The zero-order chi connectivity index (χ0) is 19.7. The third kappa shape index (κ3) is 8.26. The maximum absolute atomic E-state index is 12.0. The standard InChI is InChI=1S/C21H24F3NO2/c1-2-16-3-5-17(6-4-16)11-12-20(26)25-13-18-7-9-19(10-8-18)14-27-15-21(22,23)24/h3-10H,2,11-15H2,1H3,(H,25,26). The van der Waals surface area contributed by atoms with Gasteiger partial charge in [0.05, 0.1) is 6.61 Å². The Kier molecular flexibility index (Phi) is 7.85. The molecule has 0 aromatic heterocycles. The predicted molar refractivity (Wildman–Crippen MR) is 98.1 cm³/mol. The van der Waals surface area contributed by atoms with Crippen molar-refractivity contribution in [1.29, 1.82) is 0 Å². The van der Waals surface area contributed by atoms with E-state index in [1.807, 2.05) is 12.1 Å². The Morgan fingerprint density at radius 1 is 0.926 bits per heavy atom. The van der Waals surface area contributed by atoms with Gasteiger partial charge in [-0.15, -0.1) is 0 Å². The number of carbonyl (C=O) groups is 1. The van der Waals surface area contributed by atoms with E-state index in [4.69, 9.17) is 0 Å². The Morgan fingerprint density at radius 2 is 1.48 bits per heavy atom. The topological polar surface area (TPSA) is 38.3 Å². The molecule has 27 heavy (non-hydrogen) atoms. The fourth-order valence-corrected chi connectivity index (χ4v) is 2.53. The lowest BCUT2D eigenvalue weighted by Gasteiger charge is -2.09. The van der Waals surface area contributed by atoms with E-state index in [-0.39, 0.29) is 12.5 Å². The number of ether oxygens (including phenoxy) is 1. The van der Waals surface area contributed by atoms with E-state index in [2.05, 4.69) is 29.1 Å². The summed E-state index contributed by atoms with van der Waals surface area (Å²) in [5.41, 5.74) is 3.95. The van der Waals surface area contributed by atoms with Gasteiger partial charge in [-0.25, -0.2) is 0 Å².